The average molecular weight is 270 g/mol. The van der Waals surface area contributed by atoms with Crippen LogP contribution in [0.2, 0.25) is 0 Å². The van der Waals surface area contributed by atoms with Gasteiger partial charge in [-0.05, 0) is 37.3 Å². The highest BCUT2D eigenvalue weighted by Gasteiger charge is 2.44. The van der Waals surface area contributed by atoms with Crippen molar-refractivity contribution in [3.63, 3.8) is 0 Å². The Kier molecular flexibility index (Phi) is 4.54. The van der Waals surface area contributed by atoms with Gasteiger partial charge in [-0.2, -0.15) is 5.26 Å². The first kappa shape index (κ1) is 14.7. The van der Waals surface area contributed by atoms with E-state index >= 15 is 0 Å². The van der Waals surface area contributed by atoms with Crippen LogP contribution in [0.4, 0.5) is 0 Å². The van der Waals surface area contributed by atoms with Gasteiger partial charge in [0.05, 0.1) is 11.8 Å². The van der Waals surface area contributed by atoms with Crippen molar-refractivity contribution in [1.82, 2.24) is 4.98 Å². The molecule has 3 heteroatoms. The van der Waals surface area contributed by atoms with Crippen molar-refractivity contribution in [2.45, 2.75) is 51.9 Å². The van der Waals surface area contributed by atoms with Crippen molar-refractivity contribution in [1.29, 1.82) is 5.26 Å². The molecule has 1 aromatic heterocycles. The van der Waals surface area contributed by atoms with Crippen molar-refractivity contribution in [3.8, 4) is 6.07 Å². The first-order chi connectivity index (χ1) is 9.59. The third-order valence-corrected chi connectivity index (χ3v) is 4.26. The summed E-state index contributed by atoms with van der Waals surface area (Å²) in [4.78, 5) is 17.2. The van der Waals surface area contributed by atoms with Crippen LogP contribution in [0.15, 0.2) is 24.4 Å². The number of carbonyl (C=O) groups is 1. The van der Waals surface area contributed by atoms with Crippen LogP contribution in [0.1, 0.15) is 57.6 Å². The van der Waals surface area contributed by atoms with E-state index in [-0.39, 0.29) is 11.2 Å². The first-order valence-corrected chi connectivity index (χ1v) is 7.44. The third kappa shape index (κ3) is 2.90. The van der Waals surface area contributed by atoms with Crippen LogP contribution in [0.25, 0.3) is 0 Å². The number of carbonyl (C=O) groups excluding carboxylic acids is 1. The number of Topliss-reactive ketones (excluding diaryl/α,β-unsaturated/α-hetero) is 1. The Labute approximate surface area is 121 Å². The summed E-state index contributed by atoms with van der Waals surface area (Å²) in [5.41, 5.74) is 0.293. The van der Waals surface area contributed by atoms with Crippen molar-refractivity contribution < 1.29 is 4.79 Å². The molecule has 0 aliphatic heterocycles. The maximum absolute atomic E-state index is 13.0. The first-order valence-electron chi connectivity index (χ1n) is 7.44. The van der Waals surface area contributed by atoms with Crippen molar-refractivity contribution >= 4 is 5.78 Å². The molecule has 106 valence electrons. The van der Waals surface area contributed by atoms with E-state index in [0.717, 1.165) is 32.1 Å². The fourth-order valence-electron chi connectivity index (χ4n) is 3.50. The van der Waals surface area contributed by atoms with Crippen LogP contribution in [0, 0.1) is 22.7 Å². The van der Waals surface area contributed by atoms with Gasteiger partial charge >= 0.3 is 0 Å². The smallest absolute Gasteiger partial charge is 0.162 e. The molecule has 1 unspecified atom stereocenters. The highest BCUT2D eigenvalue weighted by molar-refractivity contribution is 5.93. The van der Waals surface area contributed by atoms with Gasteiger partial charge in [0.2, 0.25) is 0 Å². The van der Waals surface area contributed by atoms with E-state index in [0.29, 0.717) is 11.6 Å². The average Bonchev–Trinajstić information content (AvgIpc) is 2.89. The Morgan fingerprint density at radius 1 is 1.40 bits per heavy atom. The van der Waals surface area contributed by atoms with E-state index in [1.165, 1.54) is 0 Å². The second kappa shape index (κ2) is 6.17. The molecular formula is C17H22N2O. The highest BCUT2D eigenvalue weighted by atomic mass is 16.1. The maximum atomic E-state index is 13.0. The monoisotopic (exact) mass is 270 g/mol. The zero-order chi connectivity index (χ0) is 14.6. The molecule has 1 saturated carbocycles. The Bertz CT molecular complexity index is 495. The Morgan fingerprint density at radius 3 is 2.60 bits per heavy atom. The van der Waals surface area contributed by atoms with Crippen LogP contribution in [0.3, 0.4) is 0 Å². The van der Waals surface area contributed by atoms with Gasteiger partial charge in [-0.25, -0.2) is 0 Å². The molecule has 2 rings (SSSR count). The summed E-state index contributed by atoms with van der Waals surface area (Å²) in [6, 6.07) is 7.61. The number of pyridine rings is 1. The minimum absolute atomic E-state index is 0.0879. The number of ketones is 1. The standard InChI is InChI=1S/C17H22N2O/c1-13(2)11-17(8-4-5-9-17)16(20)14(12-18)15-7-3-6-10-19-15/h3,6-7,10,13-14H,4-5,8-9,11H2,1-2H3. The van der Waals surface area contributed by atoms with E-state index in [4.69, 9.17) is 0 Å². The van der Waals surface area contributed by atoms with Gasteiger partial charge < -0.3 is 0 Å². The lowest BCUT2D eigenvalue weighted by Gasteiger charge is -2.31. The number of rotatable bonds is 5. The predicted molar refractivity (Wildman–Crippen MR) is 78.0 cm³/mol. The van der Waals surface area contributed by atoms with Gasteiger partial charge in [-0.1, -0.05) is 32.8 Å². The van der Waals surface area contributed by atoms with E-state index in [2.05, 4.69) is 24.9 Å². The molecule has 1 aromatic rings. The van der Waals surface area contributed by atoms with E-state index in [1.807, 2.05) is 12.1 Å². The Balaban J connectivity index is 2.29. The van der Waals surface area contributed by atoms with Crippen molar-refractivity contribution in [3.05, 3.63) is 30.1 Å². The number of hydrogen-bond donors (Lipinski definition) is 0. The molecule has 0 radical (unpaired) electrons. The molecule has 0 aromatic carbocycles. The number of nitriles is 1. The van der Waals surface area contributed by atoms with Crippen molar-refractivity contribution in [2.75, 3.05) is 0 Å². The third-order valence-electron chi connectivity index (χ3n) is 4.26. The summed E-state index contributed by atoms with van der Waals surface area (Å²) in [5, 5.41) is 9.45. The molecule has 0 bridgehead atoms. The zero-order valence-corrected chi connectivity index (χ0v) is 12.3. The molecule has 1 heterocycles. The molecule has 1 aliphatic carbocycles. The van der Waals surface area contributed by atoms with Gasteiger partial charge in [-0.15, -0.1) is 0 Å². The second-order valence-electron chi connectivity index (χ2n) is 6.27. The second-order valence-corrected chi connectivity index (χ2v) is 6.27. The highest BCUT2D eigenvalue weighted by Crippen LogP contribution is 2.46. The quantitative estimate of drug-likeness (QED) is 0.816. The topological polar surface area (TPSA) is 53.8 Å². The van der Waals surface area contributed by atoms with Crippen LogP contribution in [-0.2, 0) is 4.79 Å². The molecule has 0 amide bonds. The number of nitrogens with zero attached hydrogens (tertiary/aromatic N) is 2. The molecule has 0 saturated heterocycles. The number of aromatic nitrogens is 1. The fraction of sp³-hybridized carbons (Fsp3) is 0.588. The van der Waals surface area contributed by atoms with Crippen LogP contribution < -0.4 is 0 Å². The van der Waals surface area contributed by atoms with Gasteiger partial charge in [0.1, 0.15) is 5.92 Å². The molecular weight excluding hydrogens is 248 g/mol. The minimum atomic E-state index is -0.715. The summed E-state index contributed by atoms with van der Waals surface area (Å²) >= 11 is 0. The molecule has 1 fully saturated rings. The van der Waals surface area contributed by atoms with Gasteiger partial charge in [-0.3, -0.25) is 9.78 Å². The minimum Gasteiger partial charge on any atom is -0.297 e. The van der Waals surface area contributed by atoms with Crippen molar-refractivity contribution in [2.24, 2.45) is 11.3 Å². The van der Waals surface area contributed by atoms with Gasteiger partial charge in [0, 0.05) is 11.6 Å². The summed E-state index contributed by atoms with van der Waals surface area (Å²) in [6.45, 7) is 4.30. The zero-order valence-electron chi connectivity index (χ0n) is 12.3. The summed E-state index contributed by atoms with van der Waals surface area (Å²) in [6.07, 6.45) is 6.58. The Hall–Kier alpha value is -1.69. The van der Waals surface area contributed by atoms with E-state index in [1.54, 1.807) is 12.3 Å². The van der Waals surface area contributed by atoms with Crippen LogP contribution >= 0.6 is 0 Å². The molecule has 1 atom stereocenters. The largest absolute Gasteiger partial charge is 0.297 e. The normalized spacial score (nSPS) is 18.7. The molecule has 1 aliphatic rings. The summed E-state index contributed by atoms with van der Waals surface area (Å²) < 4.78 is 0. The maximum Gasteiger partial charge on any atom is 0.162 e. The van der Waals surface area contributed by atoms with E-state index in [9.17, 15) is 10.1 Å². The van der Waals surface area contributed by atoms with E-state index < -0.39 is 5.92 Å². The summed E-state index contributed by atoms with van der Waals surface area (Å²) in [7, 11) is 0. The molecule has 0 spiro atoms. The lowest BCUT2D eigenvalue weighted by atomic mass is 9.71. The van der Waals surface area contributed by atoms with Crippen LogP contribution in [0.5, 0.6) is 0 Å². The van der Waals surface area contributed by atoms with Gasteiger partial charge in [0.25, 0.3) is 0 Å². The van der Waals surface area contributed by atoms with Crippen LogP contribution in [-0.4, -0.2) is 10.8 Å². The summed E-state index contributed by atoms with van der Waals surface area (Å²) in [5.74, 6) is -0.155. The molecule has 0 N–H and O–H groups in total. The molecule has 3 nitrogen and oxygen atoms in total. The SMILES string of the molecule is CC(C)CC1(C(=O)C(C#N)c2ccccn2)CCCC1. The predicted octanol–water partition coefficient (Wildman–Crippen LogP) is 3.86. The molecule has 20 heavy (non-hydrogen) atoms. The number of hydrogen-bond acceptors (Lipinski definition) is 3. The lowest BCUT2D eigenvalue weighted by molar-refractivity contribution is -0.129. The fourth-order valence-corrected chi connectivity index (χ4v) is 3.50. The lowest BCUT2D eigenvalue weighted by Crippen LogP contribution is -2.34. The Morgan fingerprint density at radius 2 is 2.10 bits per heavy atom. The van der Waals surface area contributed by atoms with Gasteiger partial charge in [0.15, 0.2) is 5.78 Å².